The van der Waals surface area contributed by atoms with E-state index in [0.29, 0.717) is 0 Å². The van der Waals surface area contributed by atoms with Gasteiger partial charge in [0.25, 0.3) is 0 Å². The Morgan fingerprint density at radius 1 is 0.571 bits per heavy atom. The van der Waals surface area contributed by atoms with E-state index in [1.54, 1.807) is 0 Å². The molecule has 4 aromatic rings. The van der Waals surface area contributed by atoms with Crippen molar-refractivity contribution in [1.29, 1.82) is 0 Å². The van der Waals surface area contributed by atoms with E-state index >= 15 is 0 Å². The van der Waals surface area contributed by atoms with Crippen molar-refractivity contribution in [2.75, 3.05) is 5.73 Å². The largest absolute Gasteiger partial charge is 0.398 e. The minimum Gasteiger partial charge on any atom is -0.398 e. The summed E-state index contributed by atoms with van der Waals surface area (Å²) in [6, 6.07) is 35.7. The Morgan fingerprint density at radius 2 is 1.04 bits per heavy atom. The summed E-state index contributed by atoms with van der Waals surface area (Å²) in [5, 5.41) is 0. The third-order valence-electron chi connectivity index (χ3n) is 5.08. The monoisotopic (exact) mass is 361 g/mol. The topological polar surface area (TPSA) is 26.0 Å². The van der Waals surface area contributed by atoms with E-state index in [2.05, 4.69) is 85.4 Å². The van der Waals surface area contributed by atoms with Gasteiger partial charge in [0.15, 0.2) is 0 Å². The van der Waals surface area contributed by atoms with Crippen LogP contribution in [0.1, 0.15) is 11.1 Å². The van der Waals surface area contributed by atoms with E-state index in [9.17, 15) is 0 Å². The van der Waals surface area contributed by atoms with Crippen molar-refractivity contribution in [2.24, 2.45) is 0 Å². The van der Waals surface area contributed by atoms with Crippen LogP contribution >= 0.6 is 0 Å². The molecule has 0 fully saturated rings. The molecule has 136 valence electrons. The smallest absolute Gasteiger partial charge is 0.0349 e. The standard InChI is InChI=1S/C27H23N/c1-20(19-26-9-5-6-10-27(26)28)21-11-13-24(14-12-21)25-17-15-23(16-18-25)22-7-3-2-4-8-22/h2-18H,1,19,28H2. The molecule has 4 rings (SSSR count). The number of nitrogen functional groups attached to an aromatic ring is 1. The van der Waals surface area contributed by atoms with Gasteiger partial charge in [0, 0.05) is 5.69 Å². The van der Waals surface area contributed by atoms with Crippen molar-refractivity contribution in [3.63, 3.8) is 0 Å². The first kappa shape index (κ1) is 17.8. The lowest BCUT2D eigenvalue weighted by Crippen LogP contribution is -1.95. The third-order valence-corrected chi connectivity index (χ3v) is 5.08. The molecule has 0 bridgehead atoms. The van der Waals surface area contributed by atoms with Crippen LogP contribution in [0.25, 0.3) is 27.8 Å². The van der Waals surface area contributed by atoms with Crippen LogP contribution in [0.2, 0.25) is 0 Å². The Kier molecular flexibility index (Phi) is 5.07. The van der Waals surface area contributed by atoms with Crippen LogP contribution in [0.3, 0.4) is 0 Å². The van der Waals surface area contributed by atoms with Crippen LogP contribution < -0.4 is 5.73 Å². The van der Waals surface area contributed by atoms with E-state index in [4.69, 9.17) is 5.73 Å². The van der Waals surface area contributed by atoms with Gasteiger partial charge < -0.3 is 5.73 Å². The molecule has 0 saturated heterocycles. The molecular formula is C27H23N. The molecular weight excluding hydrogens is 338 g/mol. The third kappa shape index (κ3) is 3.89. The van der Waals surface area contributed by atoms with Crippen LogP contribution in [-0.4, -0.2) is 0 Å². The molecule has 0 radical (unpaired) electrons. The Bertz CT molecular complexity index is 1080. The molecule has 0 aliphatic heterocycles. The second kappa shape index (κ2) is 7.98. The SMILES string of the molecule is C=C(Cc1ccccc1N)c1ccc(-c2ccc(-c3ccccc3)cc2)cc1. The summed E-state index contributed by atoms with van der Waals surface area (Å²) in [4.78, 5) is 0. The van der Waals surface area contributed by atoms with Crippen molar-refractivity contribution >= 4 is 11.3 Å². The van der Waals surface area contributed by atoms with E-state index < -0.39 is 0 Å². The number of benzene rings is 4. The van der Waals surface area contributed by atoms with Gasteiger partial charge >= 0.3 is 0 Å². The quantitative estimate of drug-likeness (QED) is 0.386. The van der Waals surface area contributed by atoms with Crippen LogP contribution in [0.5, 0.6) is 0 Å². The van der Waals surface area contributed by atoms with Gasteiger partial charge in [-0.2, -0.15) is 0 Å². The fourth-order valence-electron chi connectivity index (χ4n) is 3.41. The molecule has 0 spiro atoms. The normalized spacial score (nSPS) is 10.6. The number of allylic oxidation sites excluding steroid dienone is 1. The predicted molar refractivity (Wildman–Crippen MR) is 121 cm³/mol. The van der Waals surface area contributed by atoms with Gasteiger partial charge in [-0.3, -0.25) is 0 Å². The molecule has 0 aliphatic carbocycles. The molecule has 1 heteroatoms. The van der Waals surface area contributed by atoms with Crippen LogP contribution in [0, 0.1) is 0 Å². The number of nitrogens with two attached hydrogens (primary N) is 1. The van der Waals surface area contributed by atoms with Gasteiger partial charge in [0.05, 0.1) is 0 Å². The highest BCUT2D eigenvalue weighted by Crippen LogP contribution is 2.27. The summed E-state index contributed by atoms with van der Waals surface area (Å²) in [5.74, 6) is 0. The molecule has 0 atom stereocenters. The van der Waals surface area contributed by atoms with Gasteiger partial charge in [0.2, 0.25) is 0 Å². The summed E-state index contributed by atoms with van der Waals surface area (Å²) in [6.07, 6.45) is 0.762. The van der Waals surface area contributed by atoms with Crippen molar-refractivity contribution < 1.29 is 0 Å². The maximum absolute atomic E-state index is 6.06. The van der Waals surface area contributed by atoms with Crippen LogP contribution in [-0.2, 0) is 6.42 Å². The van der Waals surface area contributed by atoms with Crippen LogP contribution in [0.4, 0.5) is 5.69 Å². The second-order valence-electron chi connectivity index (χ2n) is 7.00. The number of rotatable bonds is 5. The van der Waals surface area contributed by atoms with Gasteiger partial charge in [0.1, 0.15) is 0 Å². The number of hydrogen-bond acceptors (Lipinski definition) is 1. The second-order valence-corrected chi connectivity index (χ2v) is 7.00. The molecule has 1 nitrogen and oxygen atoms in total. The fourth-order valence-corrected chi connectivity index (χ4v) is 3.41. The highest BCUT2D eigenvalue weighted by molar-refractivity contribution is 5.73. The van der Waals surface area contributed by atoms with Gasteiger partial charge in [-0.1, -0.05) is 104 Å². The molecule has 0 heterocycles. The van der Waals surface area contributed by atoms with Crippen LogP contribution in [0.15, 0.2) is 110 Å². The lowest BCUT2D eigenvalue weighted by Gasteiger charge is -2.10. The molecule has 0 saturated carbocycles. The Morgan fingerprint density at radius 3 is 1.61 bits per heavy atom. The summed E-state index contributed by atoms with van der Waals surface area (Å²) < 4.78 is 0. The molecule has 0 aromatic heterocycles. The van der Waals surface area contributed by atoms with E-state index in [-0.39, 0.29) is 0 Å². The average Bonchev–Trinajstić information content (AvgIpc) is 2.76. The van der Waals surface area contributed by atoms with Gasteiger partial charge in [-0.15, -0.1) is 0 Å². The minimum atomic E-state index is 0.762. The van der Waals surface area contributed by atoms with Crippen molar-refractivity contribution in [1.82, 2.24) is 0 Å². The van der Waals surface area contributed by atoms with Crippen molar-refractivity contribution in [3.05, 3.63) is 121 Å². The Labute approximate surface area is 166 Å². The van der Waals surface area contributed by atoms with E-state index in [0.717, 1.165) is 28.8 Å². The Balaban J connectivity index is 1.50. The molecule has 28 heavy (non-hydrogen) atoms. The Hall–Kier alpha value is -3.58. The van der Waals surface area contributed by atoms with E-state index in [1.807, 2.05) is 24.3 Å². The first-order valence-corrected chi connectivity index (χ1v) is 9.48. The average molecular weight is 361 g/mol. The summed E-state index contributed by atoms with van der Waals surface area (Å²) in [5.41, 5.74) is 15.1. The molecule has 0 unspecified atom stereocenters. The first-order chi connectivity index (χ1) is 13.7. The highest BCUT2D eigenvalue weighted by atomic mass is 14.6. The number of para-hydroxylation sites is 1. The lowest BCUT2D eigenvalue weighted by molar-refractivity contribution is 1.29. The zero-order chi connectivity index (χ0) is 19.3. The summed E-state index contributed by atoms with van der Waals surface area (Å²) in [7, 11) is 0. The predicted octanol–water partition coefficient (Wildman–Crippen LogP) is 6.86. The molecule has 2 N–H and O–H groups in total. The zero-order valence-corrected chi connectivity index (χ0v) is 15.8. The maximum Gasteiger partial charge on any atom is 0.0349 e. The van der Waals surface area contributed by atoms with Gasteiger partial charge in [-0.05, 0) is 51.4 Å². The molecule has 4 aromatic carbocycles. The molecule has 0 amide bonds. The van der Waals surface area contributed by atoms with Crippen molar-refractivity contribution in [2.45, 2.75) is 6.42 Å². The fraction of sp³-hybridized carbons (Fsp3) is 0.0370. The van der Waals surface area contributed by atoms with Gasteiger partial charge in [-0.25, -0.2) is 0 Å². The summed E-state index contributed by atoms with van der Waals surface area (Å²) >= 11 is 0. The van der Waals surface area contributed by atoms with Crippen molar-refractivity contribution in [3.8, 4) is 22.3 Å². The lowest BCUT2D eigenvalue weighted by atomic mass is 9.96. The summed E-state index contributed by atoms with van der Waals surface area (Å²) in [6.45, 7) is 4.25. The van der Waals surface area contributed by atoms with E-state index in [1.165, 1.54) is 22.3 Å². The number of anilines is 1. The molecule has 0 aliphatic rings. The highest BCUT2D eigenvalue weighted by Gasteiger charge is 2.05. The number of hydrogen-bond donors (Lipinski definition) is 1. The zero-order valence-electron chi connectivity index (χ0n) is 15.8. The minimum absolute atomic E-state index is 0.762. The first-order valence-electron chi connectivity index (χ1n) is 9.48. The maximum atomic E-state index is 6.06.